The van der Waals surface area contributed by atoms with Crippen molar-refractivity contribution in [2.24, 2.45) is 5.92 Å². The van der Waals surface area contributed by atoms with Crippen LogP contribution in [0.3, 0.4) is 0 Å². The van der Waals surface area contributed by atoms with Gasteiger partial charge < -0.3 is 10.4 Å². The van der Waals surface area contributed by atoms with Gasteiger partial charge in [-0.25, -0.2) is 0 Å². The number of thiophene rings is 1. The maximum absolute atomic E-state index is 12.2. The second-order valence-corrected chi connectivity index (χ2v) is 5.92. The molecule has 2 atom stereocenters. The van der Waals surface area contributed by atoms with Gasteiger partial charge in [-0.05, 0) is 29.3 Å². The van der Waals surface area contributed by atoms with Crippen LogP contribution in [0.2, 0.25) is 0 Å². The topological polar surface area (TPSA) is 49.3 Å². The van der Waals surface area contributed by atoms with E-state index in [4.69, 9.17) is 5.11 Å². The standard InChI is InChI=1S/C14H19NO2S/c1-9(2)12-5-6-18-13(12)14(17)15-11-4-3-10(7-11)8-16/h3-6,9-11,16H,7-8H2,1-2H3,(H,15,17)/t10-,11+/m0/s1. The molecule has 98 valence electrons. The summed E-state index contributed by atoms with van der Waals surface area (Å²) in [5, 5.41) is 14.0. The zero-order chi connectivity index (χ0) is 13.1. The number of aliphatic hydroxyl groups excluding tert-OH is 1. The lowest BCUT2D eigenvalue weighted by molar-refractivity contribution is 0.0944. The van der Waals surface area contributed by atoms with Gasteiger partial charge in [-0.2, -0.15) is 0 Å². The zero-order valence-corrected chi connectivity index (χ0v) is 11.5. The van der Waals surface area contributed by atoms with Crippen molar-refractivity contribution in [2.45, 2.75) is 32.2 Å². The third-order valence-electron chi connectivity index (χ3n) is 3.25. The Morgan fingerprint density at radius 3 is 2.94 bits per heavy atom. The van der Waals surface area contributed by atoms with Gasteiger partial charge in [0.15, 0.2) is 0 Å². The van der Waals surface area contributed by atoms with E-state index in [0.717, 1.165) is 16.9 Å². The zero-order valence-electron chi connectivity index (χ0n) is 10.7. The minimum Gasteiger partial charge on any atom is -0.396 e. The van der Waals surface area contributed by atoms with Gasteiger partial charge >= 0.3 is 0 Å². The van der Waals surface area contributed by atoms with Gasteiger partial charge in [0.2, 0.25) is 0 Å². The Balaban J connectivity index is 2.00. The number of nitrogens with one attached hydrogen (secondary N) is 1. The van der Waals surface area contributed by atoms with Crippen molar-refractivity contribution in [3.8, 4) is 0 Å². The fourth-order valence-corrected chi connectivity index (χ4v) is 3.17. The van der Waals surface area contributed by atoms with Crippen molar-refractivity contribution in [3.05, 3.63) is 34.0 Å². The van der Waals surface area contributed by atoms with Crippen molar-refractivity contribution in [3.63, 3.8) is 0 Å². The molecule has 0 aromatic carbocycles. The highest BCUT2D eigenvalue weighted by Crippen LogP contribution is 2.25. The molecule has 1 heterocycles. The van der Waals surface area contributed by atoms with Crippen LogP contribution in [-0.4, -0.2) is 23.7 Å². The van der Waals surface area contributed by atoms with Gasteiger partial charge in [0, 0.05) is 18.6 Å². The summed E-state index contributed by atoms with van der Waals surface area (Å²) in [5.74, 6) is 0.548. The lowest BCUT2D eigenvalue weighted by Crippen LogP contribution is -2.33. The Morgan fingerprint density at radius 2 is 2.33 bits per heavy atom. The Bertz CT molecular complexity index is 450. The second kappa shape index (κ2) is 5.67. The van der Waals surface area contributed by atoms with Crippen molar-refractivity contribution >= 4 is 17.2 Å². The molecule has 18 heavy (non-hydrogen) atoms. The summed E-state index contributed by atoms with van der Waals surface area (Å²) in [6.07, 6.45) is 4.74. The third-order valence-corrected chi connectivity index (χ3v) is 4.18. The van der Waals surface area contributed by atoms with Crippen molar-refractivity contribution in [1.29, 1.82) is 0 Å². The summed E-state index contributed by atoms with van der Waals surface area (Å²) < 4.78 is 0. The van der Waals surface area contributed by atoms with E-state index in [9.17, 15) is 4.79 Å². The van der Waals surface area contributed by atoms with E-state index in [-0.39, 0.29) is 24.5 Å². The Hall–Kier alpha value is -1.13. The van der Waals surface area contributed by atoms with Crippen LogP contribution < -0.4 is 5.32 Å². The molecule has 0 fully saturated rings. The van der Waals surface area contributed by atoms with Crippen molar-refractivity contribution < 1.29 is 9.90 Å². The molecular formula is C14H19NO2S. The van der Waals surface area contributed by atoms with Gasteiger partial charge in [-0.1, -0.05) is 26.0 Å². The minimum absolute atomic E-state index is 0.00180. The van der Waals surface area contributed by atoms with Crippen LogP contribution in [0.5, 0.6) is 0 Å². The van der Waals surface area contributed by atoms with Gasteiger partial charge in [0.1, 0.15) is 0 Å². The van der Waals surface area contributed by atoms with Gasteiger partial charge in [-0.15, -0.1) is 11.3 Å². The van der Waals surface area contributed by atoms with E-state index in [1.807, 2.05) is 23.6 Å². The molecule has 0 aliphatic heterocycles. The molecule has 0 saturated heterocycles. The molecule has 0 saturated carbocycles. The monoisotopic (exact) mass is 265 g/mol. The van der Waals surface area contributed by atoms with Crippen molar-refractivity contribution in [2.75, 3.05) is 6.61 Å². The second-order valence-electron chi connectivity index (χ2n) is 5.00. The van der Waals surface area contributed by atoms with E-state index in [1.54, 1.807) is 0 Å². The maximum Gasteiger partial charge on any atom is 0.262 e. The van der Waals surface area contributed by atoms with Crippen molar-refractivity contribution in [1.82, 2.24) is 5.32 Å². The quantitative estimate of drug-likeness (QED) is 0.822. The molecule has 4 heteroatoms. The van der Waals surface area contributed by atoms with Crippen LogP contribution in [-0.2, 0) is 0 Å². The molecule has 0 bridgehead atoms. The highest BCUT2D eigenvalue weighted by Gasteiger charge is 2.22. The van der Waals surface area contributed by atoms with E-state index in [0.29, 0.717) is 5.92 Å². The van der Waals surface area contributed by atoms with Crippen LogP contribution in [0.4, 0.5) is 0 Å². The summed E-state index contributed by atoms with van der Waals surface area (Å²) in [6, 6.07) is 2.07. The summed E-state index contributed by atoms with van der Waals surface area (Å²) in [6.45, 7) is 4.34. The molecule has 2 rings (SSSR count). The first kappa shape index (κ1) is 13.3. The first-order valence-corrected chi connectivity index (χ1v) is 7.17. The third kappa shape index (κ3) is 2.82. The number of amides is 1. The van der Waals surface area contributed by atoms with Crippen LogP contribution in [0, 0.1) is 5.92 Å². The largest absolute Gasteiger partial charge is 0.396 e. The van der Waals surface area contributed by atoms with Gasteiger partial charge in [0.05, 0.1) is 4.88 Å². The first-order chi connectivity index (χ1) is 8.61. The number of carbonyl (C=O) groups is 1. The summed E-state index contributed by atoms with van der Waals surface area (Å²) in [5.41, 5.74) is 1.11. The molecule has 0 spiro atoms. The average molecular weight is 265 g/mol. The minimum atomic E-state index is 0.00180. The summed E-state index contributed by atoms with van der Waals surface area (Å²) in [7, 11) is 0. The van der Waals surface area contributed by atoms with Crippen LogP contribution in [0.15, 0.2) is 23.6 Å². The predicted octanol–water partition coefficient (Wildman–Crippen LogP) is 2.54. The van der Waals surface area contributed by atoms with Crippen LogP contribution in [0.25, 0.3) is 0 Å². The number of hydrogen-bond acceptors (Lipinski definition) is 3. The molecule has 1 aromatic rings. The molecular weight excluding hydrogens is 246 g/mol. The molecule has 3 nitrogen and oxygen atoms in total. The average Bonchev–Trinajstić information content (AvgIpc) is 2.96. The Kier molecular flexibility index (Phi) is 4.19. The number of aliphatic hydroxyl groups is 1. The van der Waals surface area contributed by atoms with Gasteiger partial charge in [0.25, 0.3) is 5.91 Å². The van der Waals surface area contributed by atoms with E-state index < -0.39 is 0 Å². The van der Waals surface area contributed by atoms with Crippen LogP contribution in [0.1, 0.15) is 41.4 Å². The molecule has 0 radical (unpaired) electrons. The molecule has 0 unspecified atom stereocenters. The fraction of sp³-hybridized carbons (Fsp3) is 0.500. The molecule has 1 aliphatic rings. The highest BCUT2D eigenvalue weighted by atomic mass is 32.1. The highest BCUT2D eigenvalue weighted by molar-refractivity contribution is 7.12. The molecule has 2 N–H and O–H groups in total. The first-order valence-electron chi connectivity index (χ1n) is 6.29. The van der Waals surface area contributed by atoms with E-state index in [2.05, 4.69) is 19.2 Å². The Labute approximate surface area is 112 Å². The fourth-order valence-electron chi connectivity index (χ4n) is 2.21. The maximum atomic E-state index is 12.2. The number of rotatable bonds is 4. The van der Waals surface area contributed by atoms with E-state index in [1.165, 1.54) is 11.3 Å². The van der Waals surface area contributed by atoms with Gasteiger partial charge in [-0.3, -0.25) is 4.79 Å². The number of carbonyl (C=O) groups excluding carboxylic acids is 1. The predicted molar refractivity (Wildman–Crippen MR) is 74.0 cm³/mol. The molecule has 1 aromatic heterocycles. The van der Waals surface area contributed by atoms with E-state index >= 15 is 0 Å². The van der Waals surface area contributed by atoms with Crippen LogP contribution >= 0.6 is 11.3 Å². The SMILES string of the molecule is CC(C)c1ccsc1C(=O)N[C@@H]1C=C[C@H](CO)C1. The lowest BCUT2D eigenvalue weighted by Gasteiger charge is -2.13. The summed E-state index contributed by atoms with van der Waals surface area (Å²) in [4.78, 5) is 13.0. The smallest absolute Gasteiger partial charge is 0.262 e. The lowest BCUT2D eigenvalue weighted by atomic mass is 10.0. The number of hydrogen-bond donors (Lipinski definition) is 2. The summed E-state index contributed by atoms with van der Waals surface area (Å²) >= 11 is 1.49. The molecule has 1 aliphatic carbocycles. The Morgan fingerprint density at radius 1 is 1.56 bits per heavy atom. The molecule has 1 amide bonds. The normalized spacial score (nSPS) is 22.7.